The number of rotatable bonds is 9. The van der Waals surface area contributed by atoms with Gasteiger partial charge in [-0.05, 0) is 48.4 Å². The fraction of sp³-hybridized carbons (Fsp3) is 0.200. The molecule has 164 valence electrons. The minimum Gasteiger partial charge on any atom is -0.497 e. The second kappa shape index (κ2) is 9.78. The lowest BCUT2D eigenvalue weighted by atomic mass is 10.1. The number of benzene rings is 2. The first-order valence-corrected chi connectivity index (χ1v) is 11.3. The average molecular weight is 450 g/mol. The predicted octanol–water partition coefficient (Wildman–Crippen LogP) is 5.29. The van der Waals surface area contributed by atoms with Gasteiger partial charge in [-0.15, -0.1) is 11.8 Å². The van der Waals surface area contributed by atoms with Crippen molar-refractivity contribution in [2.45, 2.75) is 19.1 Å². The normalized spacial score (nSPS) is 13.8. The zero-order valence-electron chi connectivity index (χ0n) is 17.9. The maximum atomic E-state index is 13.6. The molecule has 0 spiro atoms. The number of hydrogen-bond acceptors (Lipinski definition) is 6. The number of methoxy groups -OCH3 is 1. The zero-order valence-corrected chi connectivity index (χ0v) is 18.7. The zero-order chi connectivity index (χ0) is 22.5. The Hall–Kier alpha value is -3.45. The SMILES string of the molecule is CCCOc1ccccc1N1C(=O)C(SCc2ccco2)=C(c2ccc(OC)cc2)C1=O. The van der Waals surface area contributed by atoms with Crippen LogP contribution in [0.4, 0.5) is 5.69 Å². The molecule has 2 amide bonds. The molecule has 32 heavy (non-hydrogen) atoms. The fourth-order valence-corrected chi connectivity index (χ4v) is 4.40. The van der Waals surface area contributed by atoms with Crippen LogP contribution in [0.15, 0.2) is 76.2 Å². The van der Waals surface area contributed by atoms with Gasteiger partial charge in [0.1, 0.15) is 17.3 Å². The van der Waals surface area contributed by atoms with Crippen LogP contribution in [0.2, 0.25) is 0 Å². The van der Waals surface area contributed by atoms with E-state index in [-0.39, 0.29) is 11.8 Å². The van der Waals surface area contributed by atoms with Gasteiger partial charge in [-0.1, -0.05) is 31.2 Å². The van der Waals surface area contributed by atoms with Crippen molar-refractivity contribution in [3.05, 3.63) is 83.2 Å². The molecule has 2 aromatic carbocycles. The van der Waals surface area contributed by atoms with Crippen molar-refractivity contribution in [1.82, 2.24) is 0 Å². The molecule has 0 saturated carbocycles. The Labute approximate surface area is 190 Å². The predicted molar refractivity (Wildman–Crippen MR) is 125 cm³/mol. The van der Waals surface area contributed by atoms with Gasteiger partial charge in [-0.25, -0.2) is 4.90 Å². The molecule has 2 heterocycles. The molecule has 0 saturated heterocycles. The van der Waals surface area contributed by atoms with E-state index < -0.39 is 0 Å². The number of ether oxygens (including phenoxy) is 2. The Morgan fingerprint density at radius 2 is 1.75 bits per heavy atom. The maximum absolute atomic E-state index is 13.6. The van der Waals surface area contributed by atoms with Crippen molar-refractivity contribution in [1.29, 1.82) is 0 Å². The molecule has 7 heteroatoms. The van der Waals surface area contributed by atoms with E-state index in [1.165, 1.54) is 16.7 Å². The molecule has 0 N–H and O–H groups in total. The number of hydrogen-bond donors (Lipinski definition) is 0. The van der Waals surface area contributed by atoms with Crippen LogP contribution in [0.3, 0.4) is 0 Å². The number of imide groups is 1. The highest BCUT2D eigenvalue weighted by atomic mass is 32.2. The second-order valence-corrected chi connectivity index (χ2v) is 8.05. The van der Waals surface area contributed by atoms with Gasteiger partial charge in [0.05, 0.1) is 41.9 Å². The number of anilines is 1. The number of carbonyl (C=O) groups is 2. The van der Waals surface area contributed by atoms with Crippen molar-refractivity contribution in [2.24, 2.45) is 0 Å². The Morgan fingerprint density at radius 3 is 2.44 bits per heavy atom. The van der Waals surface area contributed by atoms with Crippen LogP contribution in [0, 0.1) is 0 Å². The lowest BCUT2D eigenvalue weighted by Crippen LogP contribution is -2.31. The molecule has 0 radical (unpaired) electrons. The summed E-state index contributed by atoms with van der Waals surface area (Å²) in [5, 5.41) is 0. The third-order valence-electron chi connectivity index (χ3n) is 4.93. The highest BCUT2D eigenvalue weighted by molar-refractivity contribution is 8.03. The van der Waals surface area contributed by atoms with Gasteiger partial charge in [0, 0.05) is 0 Å². The summed E-state index contributed by atoms with van der Waals surface area (Å²) in [6.45, 7) is 2.49. The molecule has 1 aliphatic rings. The standard InChI is InChI=1S/C25H23NO5S/c1-3-14-31-21-9-5-4-8-20(21)26-24(27)22(17-10-12-18(29-2)13-11-17)23(25(26)28)32-16-19-7-6-15-30-19/h4-13,15H,3,14,16H2,1-2H3. The highest BCUT2D eigenvalue weighted by Crippen LogP contribution is 2.42. The van der Waals surface area contributed by atoms with Crippen LogP contribution in [0.25, 0.3) is 5.57 Å². The number of carbonyl (C=O) groups excluding carboxylic acids is 2. The van der Waals surface area contributed by atoms with Gasteiger partial charge in [-0.3, -0.25) is 9.59 Å². The molecule has 1 aliphatic heterocycles. The minimum atomic E-state index is -0.380. The molecule has 4 rings (SSSR count). The van der Waals surface area contributed by atoms with Crippen molar-refractivity contribution in [2.75, 3.05) is 18.6 Å². The fourth-order valence-electron chi connectivity index (χ4n) is 3.39. The van der Waals surface area contributed by atoms with Gasteiger partial charge >= 0.3 is 0 Å². The summed E-state index contributed by atoms with van der Waals surface area (Å²) in [5.41, 5.74) is 1.45. The molecule has 6 nitrogen and oxygen atoms in total. The largest absolute Gasteiger partial charge is 0.497 e. The molecule has 0 bridgehead atoms. The van der Waals surface area contributed by atoms with E-state index in [0.29, 0.717) is 45.6 Å². The first kappa shape index (κ1) is 21.8. The van der Waals surface area contributed by atoms with E-state index in [2.05, 4.69) is 0 Å². The highest BCUT2D eigenvalue weighted by Gasteiger charge is 2.41. The summed E-state index contributed by atoms with van der Waals surface area (Å²) in [6, 6.07) is 17.9. The van der Waals surface area contributed by atoms with Crippen molar-refractivity contribution in [3.8, 4) is 11.5 Å². The molecule has 1 aromatic heterocycles. The number of furan rings is 1. The summed E-state index contributed by atoms with van der Waals surface area (Å²) in [6.07, 6.45) is 2.40. The third-order valence-corrected chi connectivity index (χ3v) is 6.02. The van der Waals surface area contributed by atoms with E-state index in [1.807, 2.05) is 19.1 Å². The summed E-state index contributed by atoms with van der Waals surface area (Å²) in [7, 11) is 1.58. The lowest BCUT2D eigenvalue weighted by molar-refractivity contribution is -0.119. The summed E-state index contributed by atoms with van der Waals surface area (Å²) in [4.78, 5) is 28.7. The molecule has 3 aromatic rings. The molecular weight excluding hydrogens is 426 g/mol. The van der Waals surface area contributed by atoms with E-state index in [4.69, 9.17) is 13.9 Å². The average Bonchev–Trinajstić information content (AvgIpc) is 3.42. The van der Waals surface area contributed by atoms with E-state index >= 15 is 0 Å². The van der Waals surface area contributed by atoms with E-state index in [9.17, 15) is 9.59 Å². The maximum Gasteiger partial charge on any atom is 0.272 e. The van der Waals surface area contributed by atoms with Crippen LogP contribution >= 0.6 is 11.8 Å². The Kier molecular flexibility index (Phi) is 6.66. The van der Waals surface area contributed by atoms with Gasteiger partial charge < -0.3 is 13.9 Å². The summed E-state index contributed by atoms with van der Waals surface area (Å²) >= 11 is 1.29. The van der Waals surface area contributed by atoms with Gasteiger partial charge in [0.15, 0.2) is 0 Å². The molecular formula is C25H23NO5S. The smallest absolute Gasteiger partial charge is 0.272 e. The summed E-state index contributed by atoms with van der Waals surface area (Å²) in [5.74, 6) is 1.58. The Bertz CT molecular complexity index is 1140. The van der Waals surface area contributed by atoms with Crippen molar-refractivity contribution >= 4 is 34.8 Å². The topological polar surface area (TPSA) is 69.0 Å². The number of amides is 2. The van der Waals surface area contributed by atoms with E-state index in [0.717, 1.165) is 12.2 Å². The van der Waals surface area contributed by atoms with Crippen LogP contribution in [0.5, 0.6) is 11.5 Å². The quantitative estimate of drug-likeness (QED) is 0.413. The Morgan fingerprint density at radius 1 is 0.969 bits per heavy atom. The first-order chi connectivity index (χ1) is 15.6. The van der Waals surface area contributed by atoms with E-state index in [1.54, 1.807) is 61.9 Å². The number of thioether (sulfide) groups is 1. The monoisotopic (exact) mass is 449 g/mol. The molecule has 0 unspecified atom stereocenters. The minimum absolute atomic E-state index is 0.361. The first-order valence-electron chi connectivity index (χ1n) is 10.3. The van der Waals surface area contributed by atoms with Crippen LogP contribution in [-0.2, 0) is 15.3 Å². The number of para-hydroxylation sites is 2. The number of nitrogens with zero attached hydrogens (tertiary/aromatic N) is 1. The van der Waals surface area contributed by atoms with Gasteiger partial charge in [0.2, 0.25) is 0 Å². The summed E-state index contributed by atoms with van der Waals surface area (Å²) < 4.78 is 16.5. The van der Waals surface area contributed by atoms with Crippen LogP contribution in [0.1, 0.15) is 24.7 Å². The second-order valence-electron chi connectivity index (χ2n) is 7.06. The molecule has 0 fully saturated rings. The molecule has 0 atom stereocenters. The Balaban J connectivity index is 1.74. The molecule has 0 aliphatic carbocycles. The third kappa shape index (κ3) is 4.29. The van der Waals surface area contributed by atoms with Crippen LogP contribution in [-0.4, -0.2) is 25.5 Å². The van der Waals surface area contributed by atoms with Gasteiger partial charge in [0.25, 0.3) is 11.8 Å². The van der Waals surface area contributed by atoms with Gasteiger partial charge in [-0.2, -0.15) is 0 Å². The lowest BCUT2D eigenvalue weighted by Gasteiger charge is -2.19. The van der Waals surface area contributed by atoms with Crippen molar-refractivity contribution in [3.63, 3.8) is 0 Å². The van der Waals surface area contributed by atoms with Crippen LogP contribution < -0.4 is 14.4 Å². The van der Waals surface area contributed by atoms with Crippen molar-refractivity contribution < 1.29 is 23.5 Å².